The first-order valence-corrected chi connectivity index (χ1v) is 12.5. The lowest BCUT2D eigenvalue weighted by Gasteiger charge is -2.34. The average Bonchev–Trinajstić information content (AvgIpc) is 3.35. The van der Waals surface area contributed by atoms with Crippen molar-refractivity contribution >= 4 is 16.8 Å². The molecule has 4 aromatic rings. The van der Waals surface area contributed by atoms with Gasteiger partial charge in [-0.15, -0.1) is 0 Å². The van der Waals surface area contributed by atoms with E-state index in [2.05, 4.69) is 65.5 Å². The number of hydrogen-bond acceptors (Lipinski definition) is 3. The maximum Gasteiger partial charge on any atom is 0.223 e. The van der Waals surface area contributed by atoms with Gasteiger partial charge in [0.1, 0.15) is 12.4 Å². The van der Waals surface area contributed by atoms with Crippen LogP contribution in [0.25, 0.3) is 10.9 Å². The Hall–Kier alpha value is -3.57. The molecule has 0 bridgehead atoms. The highest BCUT2D eigenvalue weighted by molar-refractivity contribution is 5.86. The highest BCUT2D eigenvalue weighted by Crippen LogP contribution is 2.35. The first-order valence-electron chi connectivity index (χ1n) is 12.5. The van der Waals surface area contributed by atoms with Gasteiger partial charge in [-0.25, -0.2) is 0 Å². The first-order chi connectivity index (χ1) is 17.2. The Morgan fingerprint density at radius 1 is 0.914 bits per heavy atom. The number of carbonyl (C=O) groups excluding carboxylic acids is 1. The van der Waals surface area contributed by atoms with Gasteiger partial charge in [0.25, 0.3) is 0 Å². The third-order valence-corrected chi connectivity index (χ3v) is 7.08. The predicted molar refractivity (Wildman–Crippen MR) is 141 cm³/mol. The molecule has 1 aromatic heterocycles. The van der Waals surface area contributed by atoms with Gasteiger partial charge in [0.05, 0.1) is 0 Å². The molecule has 0 radical (unpaired) electrons. The molecule has 0 saturated carbocycles. The summed E-state index contributed by atoms with van der Waals surface area (Å²) in [5, 5.41) is 1.17. The molecule has 5 rings (SSSR count). The van der Waals surface area contributed by atoms with Crippen molar-refractivity contribution in [3.63, 3.8) is 0 Å². The van der Waals surface area contributed by atoms with Crippen LogP contribution in [-0.2, 0) is 11.4 Å². The molecule has 35 heavy (non-hydrogen) atoms. The van der Waals surface area contributed by atoms with Crippen LogP contribution < -0.4 is 4.74 Å². The number of amides is 1. The Kier molecular flexibility index (Phi) is 7.15. The molecule has 0 spiro atoms. The van der Waals surface area contributed by atoms with E-state index in [1.165, 1.54) is 10.9 Å². The summed E-state index contributed by atoms with van der Waals surface area (Å²) in [7, 11) is 0. The minimum absolute atomic E-state index is 0.0222. The Labute approximate surface area is 207 Å². The van der Waals surface area contributed by atoms with Gasteiger partial charge in [-0.05, 0) is 41.4 Å². The SMILES string of the molecule is CCN1CCN(C(=O)CC(c2ccc(OCc3ccccc3)cc2)c2c[nH]c3ccccc23)CC1. The fourth-order valence-electron chi connectivity index (χ4n) is 4.94. The number of fused-ring (bicyclic) bond motifs is 1. The van der Waals surface area contributed by atoms with Gasteiger partial charge in [0.15, 0.2) is 0 Å². The topological polar surface area (TPSA) is 48.6 Å². The summed E-state index contributed by atoms with van der Waals surface area (Å²) in [4.78, 5) is 21.2. The molecule has 5 heteroatoms. The average molecular weight is 468 g/mol. The summed E-state index contributed by atoms with van der Waals surface area (Å²) in [6.45, 7) is 7.27. The van der Waals surface area contributed by atoms with Crippen molar-refractivity contribution < 1.29 is 9.53 Å². The maximum absolute atomic E-state index is 13.4. The molecule has 1 unspecified atom stereocenters. The second-order valence-electron chi connectivity index (χ2n) is 9.20. The molecule has 0 aliphatic carbocycles. The Balaban J connectivity index is 1.36. The number of benzene rings is 3. The zero-order valence-corrected chi connectivity index (χ0v) is 20.3. The number of rotatable bonds is 8. The van der Waals surface area contributed by atoms with Crippen LogP contribution in [0.4, 0.5) is 0 Å². The lowest BCUT2D eigenvalue weighted by atomic mass is 9.87. The normalized spacial score (nSPS) is 15.3. The fourth-order valence-corrected chi connectivity index (χ4v) is 4.94. The predicted octanol–water partition coefficient (Wildman–Crippen LogP) is 5.43. The van der Waals surface area contributed by atoms with Crippen LogP contribution in [0.2, 0.25) is 0 Å². The molecule has 1 aliphatic rings. The number of aromatic nitrogens is 1. The number of para-hydroxylation sites is 1. The van der Waals surface area contributed by atoms with Gasteiger partial charge >= 0.3 is 0 Å². The molecule has 180 valence electrons. The number of aromatic amines is 1. The Morgan fingerprint density at radius 3 is 2.37 bits per heavy atom. The molecule has 3 aromatic carbocycles. The zero-order chi connectivity index (χ0) is 24.0. The summed E-state index contributed by atoms with van der Waals surface area (Å²) in [6.07, 6.45) is 2.52. The van der Waals surface area contributed by atoms with Crippen molar-refractivity contribution in [1.29, 1.82) is 0 Å². The lowest BCUT2D eigenvalue weighted by Crippen LogP contribution is -2.48. The smallest absolute Gasteiger partial charge is 0.223 e. The number of hydrogen-bond donors (Lipinski definition) is 1. The number of likely N-dealkylation sites (N-methyl/N-ethyl adjacent to an activating group) is 1. The van der Waals surface area contributed by atoms with Gasteiger partial charge in [0, 0.05) is 55.6 Å². The number of nitrogens with zero attached hydrogens (tertiary/aromatic N) is 2. The number of H-pyrrole nitrogens is 1. The van der Waals surface area contributed by atoms with E-state index < -0.39 is 0 Å². The van der Waals surface area contributed by atoms with Crippen molar-refractivity contribution in [3.8, 4) is 5.75 Å². The second-order valence-corrected chi connectivity index (χ2v) is 9.20. The Bertz CT molecular complexity index is 1240. The van der Waals surface area contributed by atoms with Crippen LogP contribution in [0.1, 0.15) is 36.0 Å². The summed E-state index contributed by atoms with van der Waals surface area (Å²) in [5.74, 6) is 1.03. The second kappa shape index (κ2) is 10.8. The highest BCUT2D eigenvalue weighted by atomic mass is 16.5. The molecular formula is C30H33N3O2. The molecular weight excluding hydrogens is 434 g/mol. The van der Waals surface area contributed by atoms with Gasteiger partial charge in [-0.3, -0.25) is 4.79 Å². The molecule has 2 heterocycles. The Morgan fingerprint density at radius 2 is 1.63 bits per heavy atom. The summed E-state index contributed by atoms with van der Waals surface area (Å²) < 4.78 is 6.00. The molecule has 1 fully saturated rings. The zero-order valence-electron chi connectivity index (χ0n) is 20.3. The van der Waals surface area contributed by atoms with Gasteiger partial charge in [-0.1, -0.05) is 67.6 Å². The first kappa shape index (κ1) is 23.2. The van der Waals surface area contributed by atoms with Crippen molar-refractivity contribution in [2.75, 3.05) is 32.7 Å². The van der Waals surface area contributed by atoms with Crippen LogP contribution in [0, 0.1) is 0 Å². The van der Waals surface area contributed by atoms with E-state index >= 15 is 0 Å². The third-order valence-electron chi connectivity index (χ3n) is 7.08. The van der Waals surface area contributed by atoms with E-state index in [0.29, 0.717) is 13.0 Å². The van der Waals surface area contributed by atoms with Gasteiger partial charge in [-0.2, -0.15) is 0 Å². The number of piperazine rings is 1. The molecule has 1 saturated heterocycles. The van der Waals surface area contributed by atoms with E-state index in [-0.39, 0.29) is 11.8 Å². The number of nitrogens with one attached hydrogen (secondary N) is 1. The molecule has 1 atom stereocenters. The van der Waals surface area contributed by atoms with Crippen LogP contribution >= 0.6 is 0 Å². The van der Waals surface area contributed by atoms with E-state index in [1.54, 1.807) is 0 Å². The number of ether oxygens (including phenoxy) is 1. The summed E-state index contributed by atoms with van der Waals surface area (Å²) in [6, 6.07) is 26.7. The van der Waals surface area contributed by atoms with Gasteiger partial charge in [0.2, 0.25) is 5.91 Å². The van der Waals surface area contributed by atoms with Gasteiger partial charge < -0.3 is 19.5 Å². The molecule has 1 N–H and O–H groups in total. The monoisotopic (exact) mass is 467 g/mol. The van der Waals surface area contributed by atoms with Crippen molar-refractivity contribution in [1.82, 2.24) is 14.8 Å². The van der Waals surface area contributed by atoms with Crippen LogP contribution in [0.15, 0.2) is 85.1 Å². The molecule has 1 amide bonds. The minimum Gasteiger partial charge on any atom is -0.489 e. The third kappa shape index (κ3) is 5.41. The van der Waals surface area contributed by atoms with Crippen LogP contribution in [0.5, 0.6) is 5.75 Å². The van der Waals surface area contributed by atoms with E-state index in [1.807, 2.05) is 41.3 Å². The van der Waals surface area contributed by atoms with Crippen molar-refractivity contribution in [2.45, 2.75) is 25.9 Å². The standard InChI is InChI=1S/C30H33N3O2/c1-2-32-16-18-33(19-17-32)30(34)20-27(28-21-31-29-11-7-6-10-26(28)29)24-12-14-25(15-13-24)35-22-23-8-4-3-5-9-23/h3-15,21,27,31H,2,16-20,22H2,1H3. The van der Waals surface area contributed by atoms with Crippen molar-refractivity contribution in [3.05, 3.63) is 102 Å². The molecule has 1 aliphatic heterocycles. The largest absolute Gasteiger partial charge is 0.489 e. The van der Waals surface area contributed by atoms with E-state index in [4.69, 9.17) is 4.74 Å². The summed E-state index contributed by atoms with van der Waals surface area (Å²) >= 11 is 0. The lowest BCUT2D eigenvalue weighted by molar-refractivity contribution is -0.133. The van der Waals surface area contributed by atoms with Crippen LogP contribution in [-0.4, -0.2) is 53.4 Å². The quantitative estimate of drug-likeness (QED) is 0.376. The summed E-state index contributed by atoms with van der Waals surface area (Å²) in [5.41, 5.74) is 4.53. The number of carbonyl (C=O) groups is 1. The minimum atomic E-state index is -0.0222. The fraction of sp³-hybridized carbons (Fsp3) is 0.300. The van der Waals surface area contributed by atoms with Crippen molar-refractivity contribution in [2.24, 2.45) is 0 Å². The molecule has 5 nitrogen and oxygen atoms in total. The van der Waals surface area contributed by atoms with E-state index in [0.717, 1.165) is 55.1 Å². The van der Waals surface area contributed by atoms with E-state index in [9.17, 15) is 4.79 Å². The highest BCUT2D eigenvalue weighted by Gasteiger charge is 2.26. The van der Waals surface area contributed by atoms with Crippen LogP contribution in [0.3, 0.4) is 0 Å². The maximum atomic E-state index is 13.4.